The van der Waals surface area contributed by atoms with Gasteiger partial charge in [0.1, 0.15) is 0 Å². The third-order valence-electron chi connectivity index (χ3n) is 2.95. The Morgan fingerprint density at radius 1 is 1.37 bits per heavy atom. The zero-order valence-electron chi connectivity index (χ0n) is 10.7. The van der Waals surface area contributed by atoms with Crippen LogP contribution in [-0.4, -0.2) is 36.0 Å². The number of unbranched alkanes of at least 4 members (excludes halogenated alkanes) is 1. The number of benzene rings is 1. The first-order valence-electron chi connectivity index (χ1n) is 6.48. The lowest BCUT2D eigenvalue weighted by Gasteiger charge is -2.08. The van der Waals surface area contributed by atoms with E-state index < -0.39 is 6.10 Å². The van der Waals surface area contributed by atoms with Gasteiger partial charge in [-0.15, -0.1) is 0 Å². The monoisotopic (exact) mass is 262 g/mol. The number of amides is 1. The molecular weight excluding hydrogens is 244 g/mol. The Morgan fingerprint density at radius 2 is 2.16 bits per heavy atom. The smallest absolute Gasteiger partial charge is 0.264 e. The van der Waals surface area contributed by atoms with E-state index in [2.05, 4.69) is 10.5 Å². The summed E-state index contributed by atoms with van der Waals surface area (Å²) in [6.07, 6.45) is 1.42. The molecule has 1 aromatic carbocycles. The van der Waals surface area contributed by atoms with E-state index >= 15 is 0 Å². The van der Waals surface area contributed by atoms with Gasteiger partial charge in [-0.1, -0.05) is 35.5 Å². The number of carbonyl (C=O) groups excluding carboxylic acids is 1. The molecule has 1 amide bonds. The second-order valence-corrected chi connectivity index (χ2v) is 4.42. The molecule has 5 heteroatoms. The van der Waals surface area contributed by atoms with E-state index in [4.69, 9.17) is 9.94 Å². The maximum atomic E-state index is 11.8. The van der Waals surface area contributed by atoms with Crippen LogP contribution in [-0.2, 0) is 9.63 Å². The van der Waals surface area contributed by atoms with E-state index in [1.54, 1.807) is 0 Å². The molecule has 0 aromatic heterocycles. The van der Waals surface area contributed by atoms with Crippen LogP contribution in [0.25, 0.3) is 0 Å². The van der Waals surface area contributed by atoms with Crippen molar-refractivity contribution >= 4 is 11.6 Å². The number of carbonyl (C=O) groups is 1. The van der Waals surface area contributed by atoms with Gasteiger partial charge < -0.3 is 15.3 Å². The fourth-order valence-corrected chi connectivity index (χ4v) is 1.88. The number of oxime groups is 1. The Balaban J connectivity index is 1.79. The number of aliphatic hydroxyl groups is 1. The van der Waals surface area contributed by atoms with Gasteiger partial charge in [0.2, 0.25) is 6.10 Å². The fourth-order valence-electron chi connectivity index (χ4n) is 1.88. The zero-order chi connectivity index (χ0) is 13.5. The first-order chi connectivity index (χ1) is 9.31. The van der Waals surface area contributed by atoms with Crippen LogP contribution in [0.5, 0.6) is 0 Å². The van der Waals surface area contributed by atoms with Crippen LogP contribution in [0.3, 0.4) is 0 Å². The van der Waals surface area contributed by atoms with E-state index in [1.807, 2.05) is 30.3 Å². The van der Waals surface area contributed by atoms with Crippen LogP contribution in [0, 0.1) is 0 Å². The molecular formula is C14H18N2O3. The maximum Gasteiger partial charge on any atom is 0.264 e. The van der Waals surface area contributed by atoms with Crippen molar-refractivity contribution in [3.8, 4) is 0 Å². The average Bonchev–Trinajstić information content (AvgIpc) is 2.94. The van der Waals surface area contributed by atoms with Crippen molar-refractivity contribution in [3.63, 3.8) is 0 Å². The lowest BCUT2D eigenvalue weighted by Crippen LogP contribution is -2.35. The van der Waals surface area contributed by atoms with Gasteiger partial charge in [0.05, 0.1) is 5.71 Å². The van der Waals surface area contributed by atoms with E-state index in [-0.39, 0.29) is 12.5 Å². The summed E-state index contributed by atoms with van der Waals surface area (Å²) in [6, 6.07) is 9.69. The van der Waals surface area contributed by atoms with Crippen LogP contribution in [0.1, 0.15) is 24.8 Å². The number of nitrogens with one attached hydrogen (secondary N) is 1. The Bertz CT molecular complexity index is 445. The molecule has 2 N–H and O–H groups in total. The average molecular weight is 262 g/mol. The zero-order valence-corrected chi connectivity index (χ0v) is 10.7. The Hall–Kier alpha value is -1.88. The van der Waals surface area contributed by atoms with Crippen LogP contribution in [0.2, 0.25) is 0 Å². The highest BCUT2D eigenvalue weighted by atomic mass is 16.6. The van der Waals surface area contributed by atoms with E-state index in [9.17, 15) is 4.79 Å². The summed E-state index contributed by atoms with van der Waals surface area (Å²) in [7, 11) is 0. The third-order valence-corrected chi connectivity index (χ3v) is 2.95. The molecule has 1 aliphatic heterocycles. The molecule has 1 aromatic rings. The molecule has 1 atom stereocenters. The van der Waals surface area contributed by atoms with Gasteiger partial charge in [-0.3, -0.25) is 4.79 Å². The van der Waals surface area contributed by atoms with Gasteiger partial charge in [-0.25, -0.2) is 0 Å². The quantitative estimate of drug-likeness (QED) is 0.753. The number of nitrogens with zero attached hydrogens (tertiary/aromatic N) is 1. The summed E-state index contributed by atoms with van der Waals surface area (Å²) in [5, 5.41) is 15.4. The van der Waals surface area contributed by atoms with Crippen LogP contribution in [0.4, 0.5) is 0 Å². The van der Waals surface area contributed by atoms with Crippen molar-refractivity contribution in [2.45, 2.75) is 25.4 Å². The second kappa shape index (κ2) is 6.89. The largest absolute Gasteiger partial charge is 0.396 e. The summed E-state index contributed by atoms with van der Waals surface area (Å²) in [5.74, 6) is -0.146. The minimum absolute atomic E-state index is 0.146. The highest BCUT2D eigenvalue weighted by Crippen LogP contribution is 2.16. The van der Waals surface area contributed by atoms with Crippen molar-refractivity contribution in [2.24, 2.45) is 5.16 Å². The molecule has 19 heavy (non-hydrogen) atoms. The Labute approximate surface area is 112 Å². The first-order valence-corrected chi connectivity index (χ1v) is 6.48. The number of hydrogen-bond acceptors (Lipinski definition) is 4. The highest BCUT2D eigenvalue weighted by Gasteiger charge is 2.28. The molecule has 0 saturated heterocycles. The van der Waals surface area contributed by atoms with Crippen LogP contribution in [0.15, 0.2) is 35.5 Å². The van der Waals surface area contributed by atoms with E-state index in [0.717, 1.165) is 17.7 Å². The normalized spacial score (nSPS) is 17.7. The van der Waals surface area contributed by atoms with Crippen molar-refractivity contribution in [2.75, 3.05) is 13.2 Å². The summed E-state index contributed by atoms with van der Waals surface area (Å²) >= 11 is 0. The minimum Gasteiger partial charge on any atom is -0.396 e. The van der Waals surface area contributed by atoms with Crippen molar-refractivity contribution in [1.29, 1.82) is 0 Å². The molecule has 0 spiro atoms. The summed E-state index contributed by atoms with van der Waals surface area (Å²) < 4.78 is 0. The summed E-state index contributed by atoms with van der Waals surface area (Å²) in [4.78, 5) is 17.0. The molecule has 1 heterocycles. The molecule has 0 aliphatic carbocycles. The summed E-state index contributed by atoms with van der Waals surface area (Å²) in [5.41, 5.74) is 1.79. The third kappa shape index (κ3) is 3.79. The number of hydrogen-bond donors (Lipinski definition) is 2. The number of rotatable bonds is 6. The highest BCUT2D eigenvalue weighted by molar-refractivity contribution is 6.04. The van der Waals surface area contributed by atoms with Gasteiger partial charge in [-0.05, 0) is 18.4 Å². The van der Waals surface area contributed by atoms with E-state index in [0.29, 0.717) is 19.4 Å². The molecule has 2 rings (SSSR count). The maximum absolute atomic E-state index is 11.8. The van der Waals surface area contributed by atoms with Gasteiger partial charge >= 0.3 is 0 Å². The van der Waals surface area contributed by atoms with Crippen molar-refractivity contribution in [3.05, 3.63) is 35.9 Å². The van der Waals surface area contributed by atoms with Crippen LogP contribution >= 0.6 is 0 Å². The number of aliphatic hydroxyl groups excluding tert-OH is 1. The molecule has 1 unspecified atom stereocenters. The summed E-state index contributed by atoms with van der Waals surface area (Å²) in [6.45, 7) is 0.705. The van der Waals surface area contributed by atoms with Crippen molar-refractivity contribution in [1.82, 2.24) is 5.32 Å². The fraction of sp³-hybridized carbons (Fsp3) is 0.429. The Morgan fingerprint density at radius 3 is 2.89 bits per heavy atom. The molecule has 1 aliphatic rings. The Kier molecular flexibility index (Phi) is 4.92. The minimum atomic E-state index is -0.538. The van der Waals surface area contributed by atoms with Gasteiger partial charge in [-0.2, -0.15) is 0 Å². The lowest BCUT2D eigenvalue weighted by molar-refractivity contribution is -0.131. The van der Waals surface area contributed by atoms with Gasteiger partial charge in [0, 0.05) is 19.6 Å². The van der Waals surface area contributed by atoms with Gasteiger partial charge in [0.25, 0.3) is 5.91 Å². The standard InChI is InChI=1S/C14H18N2O3/c17-9-5-4-8-15-14(18)13-10-12(16-19-13)11-6-2-1-3-7-11/h1-3,6-7,13,17H,4-5,8-10H2,(H,15,18). The second-order valence-electron chi connectivity index (χ2n) is 4.42. The predicted molar refractivity (Wildman–Crippen MR) is 71.8 cm³/mol. The SMILES string of the molecule is O=C(NCCCCO)C1CC(c2ccccc2)=NO1. The predicted octanol–water partition coefficient (Wildman–Crippen LogP) is 1.07. The van der Waals surface area contributed by atoms with E-state index in [1.165, 1.54) is 0 Å². The molecule has 0 radical (unpaired) electrons. The van der Waals surface area contributed by atoms with Gasteiger partial charge in [0.15, 0.2) is 0 Å². The lowest BCUT2D eigenvalue weighted by atomic mass is 10.0. The topological polar surface area (TPSA) is 70.9 Å². The van der Waals surface area contributed by atoms with Crippen LogP contribution < -0.4 is 5.32 Å². The first kappa shape index (κ1) is 13.5. The molecule has 5 nitrogen and oxygen atoms in total. The van der Waals surface area contributed by atoms with Crippen molar-refractivity contribution < 1.29 is 14.7 Å². The molecule has 102 valence electrons. The molecule has 0 bridgehead atoms. The molecule has 0 saturated carbocycles. The molecule has 0 fully saturated rings.